The van der Waals surface area contributed by atoms with Crippen LogP contribution in [-0.4, -0.2) is 20.5 Å². The monoisotopic (exact) mass is 176 g/mol. The Labute approximate surface area is 74.5 Å². The van der Waals surface area contributed by atoms with Crippen molar-refractivity contribution in [2.75, 3.05) is 0 Å². The van der Waals surface area contributed by atoms with E-state index >= 15 is 0 Å². The summed E-state index contributed by atoms with van der Waals surface area (Å²) in [5, 5.41) is 8.74. The van der Waals surface area contributed by atoms with Gasteiger partial charge in [-0.05, 0) is 19.1 Å². The molecule has 0 aliphatic rings. The fraction of sp³-hybridized carbons (Fsp3) is 0.111. The van der Waals surface area contributed by atoms with Gasteiger partial charge in [-0.3, -0.25) is 0 Å². The lowest BCUT2D eigenvalue weighted by molar-refractivity contribution is 0.0697. The molecule has 0 amide bonds. The van der Waals surface area contributed by atoms with Crippen LogP contribution in [0.5, 0.6) is 0 Å². The number of rotatable bonds is 1. The second-order valence-corrected chi connectivity index (χ2v) is 2.84. The van der Waals surface area contributed by atoms with Crippen LogP contribution in [0.25, 0.3) is 5.52 Å². The predicted octanol–water partition coefficient (Wildman–Crippen LogP) is 1.34. The maximum atomic E-state index is 10.6. The topological polar surface area (TPSA) is 54.6 Å². The number of hydrogen-bond donors (Lipinski definition) is 1. The number of fused-ring (bicyclic) bond motifs is 1. The summed E-state index contributed by atoms with van der Waals surface area (Å²) in [4.78, 5) is 14.7. The Hall–Kier alpha value is -1.84. The van der Waals surface area contributed by atoms with Crippen LogP contribution in [-0.2, 0) is 0 Å². The van der Waals surface area contributed by atoms with E-state index in [1.54, 1.807) is 29.1 Å². The first kappa shape index (κ1) is 7.79. The van der Waals surface area contributed by atoms with E-state index in [9.17, 15) is 4.79 Å². The molecule has 66 valence electrons. The second-order valence-electron chi connectivity index (χ2n) is 2.84. The maximum absolute atomic E-state index is 10.6. The summed E-state index contributed by atoms with van der Waals surface area (Å²) in [5.74, 6) is -0.914. The Morgan fingerprint density at radius 3 is 3.08 bits per heavy atom. The minimum atomic E-state index is -0.914. The SMILES string of the molecule is Cc1ncn2ccc(C(=O)O)cc12. The molecule has 0 aliphatic carbocycles. The normalized spacial score (nSPS) is 10.5. The molecule has 2 aromatic heterocycles. The van der Waals surface area contributed by atoms with Gasteiger partial charge in [0.15, 0.2) is 0 Å². The molecule has 2 heterocycles. The number of hydrogen-bond acceptors (Lipinski definition) is 2. The average Bonchev–Trinajstić information content (AvgIpc) is 2.47. The highest BCUT2D eigenvalue weighted by molar-refractivity contribution is 5.89. The van der Waals surface area contributed by atoms with Crippen molar-refractivity contribution in [1.82, 2.24) is 9.38 Å². The number of carbonyl (C=O) groups is 1. The van der Waals surface area contributed by atoms with E-state index in [0.717, 1.165) is 11.2 Å². The summed E-state index contributed by atoms with van der Waals surface area (Å²) in [6, 6.07) is 3.17. The van der Waals surface area contributed by atoms with E-state index < -0.39 is 5.97 Å². The molecule has 0 saturated heterocycles. The number of nitrogens with zero attached hydrogens (tertiary/aromatic N) is 2. The molecule has 0 bridgehead atoms. The standard InChI is InChI=1S/C9H8N2O2/c1-6-8-4-7(9(12)13)2-3-11(8)5-10-6/h2-5H,1H3,(H,12,13). The molecule has 0 aliphatic heterocycles. The van der Waals surface area contributed by atoms with Gasteiger partial charge < -0.3 is 9.51 Å². The molecule has 4 heteroatoms. The molecule has 0 fully saturated rings. The largest absolute Gasteiger partial charge is 0.478 e. The first-order valence-electron chi connectivity index (χ1n) is 3.85. The maximum Gasteiger partial charge on any atom is 0.335 e. The predicted molar refractivity (Wildman–Crippen MR) is 46.9 cm³/mol. The Bertz CT molecular complexity index is 473. The fourth-order valence-electron chi connectivity index (χ4n) is 1.25. The Kier molecular flexibility index (Phi) is 1.55. The van der Waals surface area contributed by atoms with Crippen molar-refractivity contribution in [3.05, 3.63) is 35.9 Å². The quantitative estimate of drug-likeness (QED) is 0.713. The Morgan fingerprint density at radius 2 is 2.38 bits per heavy atom. The molecule has 4 nitrogen and oxygen atoms in total. The minimum Gasteiger partial charge on any atom is -0.478 e. The van der Waals surface area contributed by atoms with Crippen molar-refractivity contribution < 1.29 is 9.90 Å². The fourth-order valence-corrected chi connectivity index (χ4v) is 1.25. The van der Waals surface area contributed by atoms with Crippen molar-refractivity contribution >= 4 is 11.5 Å². The zero-order chi connectivity index (χ0) is 9.42. The molecular formula is C9H8N2O2. The summed E-state index contributed by atoms with van der Waals surface area (Å²) in [6.07, 6.45) is 3.36. The number of carboxylic acids is 1. The van der Waals surface area contributed by atoms with Crippen molar-refractivity contribution in [2.45, 2.75) is 6.92 Å². The lowest BCUT2D eigenvalue weighted by Gasteiger charge is -1.96. The third kappa shape index (κ3) is 1.16. The lowest BCUT2D eigenvalue weighted by Crippen LogP contribution is -1.97. The average molecular weight is 176 g/mol. The van der Waals surface area contributed by atoms with Gasteiger partial charge in [-0.15, -0.1) is 0 Å². The van der Waals surface area contributed by atoms with E-state index in [-0.39, 0.29) is 5.56 Å². The van der Waals surface area contributed by atoms with E-state index in [1.807, 2.05) is 6.92 Å². The zero-order valence-electron chi connectivity index (χ0n) is 7.06. The second kappa shape index (κ2) is 2.58. The molecule has 0 atom stereocenters. The number of imidazole rings is 1. The molecule has 0 unspecified atom stereocenters. The van der Waals surface area contributed by atoms with Gasteiger partial charge in [-0.2, -0.15) is 0 Å². The van der Waals surface area contributed by atoms with Crippen LogP contribution in [0, 0.1) is 6.92 Å². The highest BCUT2D eigenvalue weighted by Gasteiger charge is 2.05. The summed E-state index contributed by atoms with van der Waals surface area (Å²) in [5.41, 5.74) is 1.96. The minimum absolute atomic E-state index is 0.288. The van der Waals surface area contributed by atoms with Gasteiger partial charge in [0.2, 0.25) is 0 Å². The third-order valence-electron chi connectivity index (χ3n) is 1.98. The lowest BCUT2D eigenvalue weighted by atomic mass is 10.2. The number of pyridine rings is 1. The van der Waals surface area contributed by atoms with Crippen molar-refractivity contribution in [1.29, 1.82) is 0 Å². The summed E-state index contributed by atoms with van der Waals surface area (Å²) in [6.45, 7) is 1.85. The van der Waals surface area contributed by atoms with Gasteiger partial charge >= 0.3 is 5.97 Å². The molecule has 0 aromatic carbocycles. The number of carboxylic acid groups (broad SMARTS) is 1. The van der Waals surface area contributed by atoms with Crippen molar-refractivity contribution in [3.63, 3.8) is 0 Å². The van der Waals surface area contributed by atoms with Gasteiger partial charge in [-0.1, -0.05) is 0 Å². The summed E-state index contributed by atoms with van der Waals surface area (Å²) < 4.78 is 1.79. The van der Waals surface area contributed by atoms with Crippen LogP contribution in [0.15, 0.2) is 24.7 Å². The van der Waals surface area contributed by atoms with Gasteiger partial charge in [-0.25, -0.2) is 9.78 Å². The van der Waals surface area contributed by atoms with Crippen LogP contribution < -0.4 is 0 Å². The smallest absolute Gasteiger partial charge is 0.335 e. The van der Waals surface area contributed by atoms with Gasteiger partial charge in [0, 0.05) is 6.20 Å². The molecule has 2 rings (SSSR count). The molecule has 13 heavy (non-hydrogen) atoms. The third-order valence-corrected chi connectivity index (χ3v) is 1.98. The van der Waals surface area contributed by atoms with E-state index in [0.29, 0.717) is 0 Å². The molecule has 0 spiro atoms. The van der Waals surface area contributed by atoms with Crippen LogP contribution in [0.4, 0.5) is 0 Å². The van der Waals surface area contributed by atoms with E-state index in [2.05, 4.69) is 4.98 Å². The number of aromatic nitrogens is 2. The van der Waals surface area contributed by atoms with Gasteiger partial charge in [0.25, 0.3) is 0 Å². The number of aryl methyl sites for hydroxylation is 1. The van der Waals surface area contributed by atoms with Crippen LogP contribution >= 0.6 is 0 Å². The highest BCUT2D eigenvalue weighted by atomic mass is 16.4. The van der Waals surface area contributed by atoms with E-state index in [1.165, 1.54) is 0 Å². The molecule has 2 aromatic rings. The molecular weight excluding hydrogens is 168 g/mol. The summed E-state index contributed by atoms with van der Waals surface area (Å²) >= 11 is 0. The first-order valence-corrected chi connectivity index (χ1v) is 3.85. The molecule has 0 saturated carbocycles. The van der Waals surface area contributed by atoms with Crippen LogP contribution in [0.3, 0.4) is 0 Å². The molecule has 1 N–H and O–H groups in total. The van der Waals surface area contributed by atoms with Crippen molar-refractivity contribution in [3.8, 4) is 0 Å². The molecule has 0 radical (unpaired) electrons. The van der Waals surface area contributed by atoms with Gasteiger partial charge in [0.1, 0.15) is 0 Å². The van der Waals surface area contributed by atoms with Crippen molar-refractivity contribution in [2.24, 2.45) is 0 Å². The van der Waals surface area contributed by atoms with Crippen LogP contribution in [0.2, 0.25) is 0 Å². The zero-order valence-corrected chi connectivity index (χ0v) is 7.06. The Balaban J connectivity index is 2.72. The highest BCUT2D eigenvalue weighted by Crippen LogP contribution is 2.10. The Morgan fingerprint density at radius 1 is 1.62 bits per heavy atom. The van der Waals surface area contributed by atoms with Crippen LogP contribution in [0.1, 0.15) is 16.1 Å². The first-order chi connectivity index (χ1) is 6.18. The van der Waals surface area contributed by atoms with Gasteiger partial charge in [0.05, 0.1) is 23.1 Å². The van der Waals surface area contributed by atoms with E-state index in [4.69, 9.17) is 5.11 Å². The summed E-state index contributed by atoms with van der Waals surface area (Å²) in [7, 11) is 0. The number of aromatic carboxylic acids is 1.